The van der Waals surface area contributed by atoms with Crippen molar-refractivity contribution >= 4 is 23.1 Å². The fourth-order valence-corrected chi connectivity index (χ4v) is 4.66. The summed E-state index contributed by atoms with van der Waals surface area (Å²) in [6, 6.07) is 7.33. The number of benzene rings is 1. The first kappa shape index (κ1) is 28.3. The molecule has 2 heterocycles. The zero-order valence-corrected chi connectivity index (χ0v) is 22.7. The number of carbonyl (C=O) groups excluding carboxylic acids is 1. The summed E-state index contributed by atoms with van der Waals surface area (Å²) in [5.74, 6) is 0.681. The van der Waals surface area contributed by atoms with Crippen molar-refractivity contribution in [3.63, 3.8) is 0 Å². The fraction of sp³-hybridized carbons (Fsp3) is 0.519. The number of nitrogens with one attached hydrogen (secondary N) is 1. The highest BCUT2D eigenvalue weighted by Gasteiger charge is 2.28. The van der Waals surface area contributed by atoms with Gasteiger partial charge in [-0.2, -0.15) is 22.8 Å². The predicted octanol–water partition coefficient (Wildman–Crippen LogP) is 6.09. The van der Waals surface area contributed by atoms with Gasteiger partial charge < -0.3 is 15.1 Å². The Kier molecular flexibility index (Phi) is 8.71. The first-order valence-corrected chi connectivity index (χ1v) is 12.6. The standard InChI is InChI=1S/C27H37F3N6O/c1-8-23(35(7)26(37)20-15-17(2)11-12-21(20)31-5)22-16-24-32-19(4)18(3)25(36(24)33-22)34(6)14-10-9-13-27(28,29)30/h11-12,15-16,23,31H,8-10,13-14H2,1-7H3. The number of fused-ring (bicyclic) bond motifs is 1. The topological polar surface area (TPSA) is 65.8 Å². The molecular formula is C27H37F3N6O. The molecule has 2 aromatic heterocycles. The Balaban J connectivity index is 1.93. The van der Waals surface area contributed by atoms with Gasteiger partial charge in [-0.05, 0) is 52.2 Å². The van der Waals surface area contributed by atoms with Crippen LogP contribution in [0.5, 0.6) is 0 Å². The number of hydrogen-bond acceptors (Lipinski definition) is 5. The zero-order valence-electron chi connectivity index (χ0n) is 22.7. The number of nitrogens with zero attached hydrogens (tertiary/aromatic N) is 5. The van der Waals surface area contributed by atoms with E-state index in [0.717, 1.165) is 28.3 Å². The van der Waals surface area contributed by atoms with Gasteiger partial charge in [0.25, 0.3) is 5.91 Å². The molecule has 10 heteroatoms. The lowest BCUT2D eigenvalue weighted by atomic mass is 10.1. The number of carbonyl (C=O) groups is 1. The van der Waals surface area contributed by atoms with Crippen LogP contribution in [0, 0.1) is 20.8 Å². The highest BCUT2D eigenvalue weighted by Crippen LogP contribution is 2.30. The lowest BCUT2D eigenvalue weighted by molar-refractivity contribution is -0.135. The number of unbranched alkanes of at least 4 members (excludes halogenated alkanes) is 1. The maximum absolute atomic E-state index is 13.5. The van der Waals surface area contributed by atoms with E-state index in [1.165, 1.54) is 0 Å². The monoisotopic (exact) mass is 518 g/mol. The largest absolute Gasteiger partial charge is 0.389 e. The van der Waals surface area contributed by atoms with Crippen LogP contribution in [0.3, 0.4) is 0 Å². The van der Waals surface area contributed by atoms with Crippen LogP contribution in [0.1, 0.15) is 71.5 Å². The second-order valence-electron chi connectivity index (χ2n) is 9.62. The molecule has 0 fully saturated rings. The molecule has 0 aliphatic carbocycles. The van der Waals surface area contributed by atoms with Gasteiger partial charge in [0, 0.05) is 57.1 Å². The van der Waals surface area contributed by atoms with Crippen molar-refractivity contribution in [3.05, 3.63) is 52.3 Å². The number of anilines is 2. The van der Waals surface area contributed by atoms with Crippen molar-refractivity contribution < 1.29 is 18.0 Å². The summed E-state index contributed by atoms with van der Waals surface area (Å²) in [7, 11) is 5.43. The summed E-state index contributed by atoms with van der Waals surface area (Å²) in [6.45, 7) is 8.26. The Bertz CT molecular complexity index is 1250. The van der Waals surface area contributed by atoms with Gasteiger partial charge in [-0.15, -0.1) is 0 Å². The van der Waals surface area contributed by atoms with Gasteiger partial charge in [0.05, 0.1) is 17.3 Å². The van der Waals surface area contributed by atoms with E-state index >= 15 is 0 Å². The van der Waals surface area contributed by atoms with E-state index in [1.54, 1.807) is 23.5 Å². The number of halogens is 3. The van der Waals surface area contributed by atoms with Crippen molar-refractivity contribution in [1.29, 1.82) is 0 Å². The summed E-state index contributed by atoms with van der Waals surface area (Å²) in [6.07, 6.45) is -3.80. The van der Waals surface area contributed by atoms with E-state index in [0.29, 0.717) is 36.3 Å². The van der Waals surface area contributed by atoms with Crippen molar-refractivity contribution in [2.45, 2.75) is 65.6 Å². The van der Waals surface area contributed by atoms with Gasteiger partial charge in [-0.1, -0.05) is 18.6 Å². The van der Waals surface area contributed by atoms with Crippen molar-refractivity contribution in [2.24, 2.45) is 0 Å². The van der Waals surface area contributed by atoms with E-state index in [2.05, 4.69) is 5.32 Å². The minimum absolute atomic E-state index is 0.0723. The van der Waals surface area contributed by atoms with Crippen LogP contribution in [0.2, 0.25) is 0 Å². The molecule has 3 rings (SSSR count). The molecule has 0 spiro atoms. The smallest absolute Gasteiger partial charge is 0.387 e. The van der Waals surface area contributed by atoms with E-state index in [1.807, 2.05) is 63.9 Å². The highest BCUT2D eigenvalue weighted by molar-refractivity contribution is 5.99. The van der Waals surface area contributed by atoms with Gasteiger partial charge >= 0.3 is 6.18 Å². The second kappa shape index (κ2) is 11.4. The SMILES string of the molecule is CCC(c1cc2nc(C)c(C)c(N(C)CCCCC(F)(F)F)n2n1)N(C)C(=O)c1cc(C)ccc1NC. The first-order chi connectivity index (χ1) is 17.4. The van der Waals surface area contributed by atoms with E-state index in [4.69, 9.17) is 10.1 Å². The van der Waals surface area contributed by atoms with Gasteiger partial charge in [0.2, 0.25) is 0 Å². The zero-order chi connectivity index (χ0) is 27.5. The fourth-order valence-electron chi connectivity index (χ4n) is 4.66. The minimum Gasteiger partial charge on any atom is -0.387 e. The molecule has 0 saturated heterocycles. The minimum atomic E-state index is -4.14. The van der Waals surface area contributed by atoms with Crippen molar-refractivity contribution in [3.8, 4) is 0 Å². The van der Waals surface area contributed by atoms with E-state index in [9.17, 15) is 18.0 Å². The van der Waals surface area contributed by atoms with Crippen LogP contribution in [-0.4, -0.2) is 59.3 Å². The van der Waals surface area contributed by atoms with E-state index in [-0.39, 0.29) is 18.4 Å². The van der Waals surface area contributed by atoms with Crippen LogP contribution in [0.15, 0.2) is 24.3 Å². The maximum Gasteiger partial charge on any atom is 0.389 e. The molecule has 1 unspecified atom stereocenters. The summed E-state index contributed by atoms with van der Waals surface area (Å²) in [5.41, 5.74) is 5.44. The molecule has 1 atom stereocenters. The van der Waals surface area contributed by atoms with Gasteiger partial charge in [-0.3, -0.25) is 4.79 Å². The number of aryl methyl sites for hydroxylation is 2. The summed E-state index contributed by atoms with van der Waals surface area (Å²) >= 11 is 0. The van der Waals surface area contributed by atoms with Crippen LogP contribution in [0.4, 0.5) is 24.7 Å². The molecule has 7 nitrogen and oxygen atoms in total. The first-order valence-electron chi connectivity index (χ1n) is 12.6. The van der Waals surface area contributed by atoms with E-state index < -0.39 is 12.6 Å². The molecule has 0 bridgehead atoms. The summed E-state index contributed by atoms with van der Waals surface area (Å²) in [4.78, 5) is 21.9. The number of amides is 1. The average Bonchev–Trinajstić information content (AvgIpc) is 3.24. The highest BCUT2D eigenvalue weighted by atomic mass is 19.4. The van der Waals surface area contributed by atoms with Crippen LogP contribution in [-0.2, 0) is 0 Å². The second-order valence-corrected chi connectivity index (χ2v) is 9.62. The Hall–Kier alpha value is -3.30. The molecule has 0 radical (unpaired) electrons. The summed E-state index contributed by atoms with van der Waals surface area (Å²) < 4.78 is 39.4. The molecule has 1 amide bonds. The van der Waals surface area contributed by atoms with Crippen LogP contribution >= 0.6 is 0 Å². The van der Waals surface area contributed by atoms with Crippen molar-refractivity contribution in [2.75, 3.05) is 37.9 Å². The molecule has 1 aromatic carbocycles. The predicted molar refractivity (Wildman–Crippen MR) is 141 cm³/mol. The van der Waals surface area contributed by atoms with Gasteiger partial charge in [0.1, 0.15) is 5.82 Å². The molecule has 0 aliphatic heterocycles. The Morgan fingerprint density at radius 3 is 2.46 bits per heavy atom. The Morgan fingerprint density at radius 1 is 1.14 bits per heavy atom. The molecule has 1 N–H and O–H groups in total. The Morgan fingerprint density at radius 2 is 1.84 bits per heavy atom. The third-order valence-corrected chi connectivity index (χ3v) is 6.83. The quantitative estimate of drug-likeness (QED) is 0.329. The average molecular weight is 519 g/mol. The lowest BCUT2D eigenvalue weighted by Gasteiger charge is -2.27. The molecule has 0 saturated carbocycles. The number of alkyl halides is 3. The van der Waals surface area contributed by atoms with Crippen LogP contribution in [0.25, 0.3) is 5.65 Å². The lowest BCUT2D eigenvalue weighted by Crippen LogP contribution is -2.32. The molecule has 37 heavy (non-hydrogen) atoms. The molecule has 0 aliphatic rings. The summed E-state index contributed by atoms with van der Waals surface area (Å²) in [5, 5.41) is 7.95. The van der Waals surface area contributed by atoms with Gasteiger partial charge in [0.15, 0.2) is 5.65 Å². The number of aromatic nitrogens is 3. The molecule has 3 aromatic rings. The molecule has 202 valence electrons. The maximum atomic E-state index is 13.5. The Labute approximate surface area is 216 Å². The number of hydrogen-bond donors (Lipinski definition) is 1. The van der Waals surface area contributed by atoms with Crippen LogP contribution < -0.4 is 10.2 Å². The third kappa shape index (κ3) is 6.34. The van der Waals surface area contributed by atoms with Gasteiger partial charge in [-0.25, -0.2) is 4.98 Å². The normalized spacial score (nSPS) is 12.6. The third-order valence-electron chi connectivity index (χ3n) is 6.83. The molecular weight excluding hydrogens is 481 g/mol. The number of rotatable bonds is 10. The van der Waals surface area contributed by atoms with Crippen molar-refractivity contribution in [1.82, 2.24) is 19.5 Å².